The van der Waals surface area contributed by atoms with Gasteiger partial charge in [0.15, 0.2) is 0 Å². The van der Waals surface area contributed by atoms with Crippen LogP contribution in [0.15, 0.2) is 29.2 Å². The van der Waals surface area contributed by atoms with Gasteiger partial charge >= 0.3 is 10.1 Å². The predicted octanol–water partition coefficient (Wildman–Crippen LogP) is 0.693. The summed E-state index contributed by atoms with van der Waals surface area (Å²) in [5.74, 6) is -0.962. The maximum atomic E-state index is 12.3. The van der Waals surface area contributed by atoms with E-state index in [0.29, 0.717) is 5.06 Å². The van der Waals surface area contributed by atoms with E-state index in [9.17, 15) is 18.0 Å². The van der Waals surface area contributed by atoms with Crippen molar-refractivity contribution in [2.24, 2.45) is 0 Å². The zero-order chi connectivity index (χ0) is 16.7. The van der Waals surface area contributed by atoms with Crippen molar-refractivity contribution in [3.05, 3.63) is 29.8 Å². The summed E-state index contributed by atoms with van der Waals surface area (Å²) in [7, 11) is -2.68. The first-order valence-corrected chi connectivity index (χ1v) is 8.17. The van der Waals surface area contributed by atoms with E-state index in [-0.39, 0.29) is 10.8 Å². The van der Waals surface area contributed by atoms with E-state index in [2.05, 4.69) is 0 Å². The number of piperazine rings is 1. The third kappa shape index (κ3) is 2.84. The van der Waals surface area contributed by atoms with Gasteiger partial charge in [0.1, 0.15) is 12.1 Å². The summed E-state index contributed by atoms with van der Waals surface area (Å²) in [6.45, 7) is 4.76. The van der Waals surface area contributed by atoms with E-state index >= 15 is 0 Å². The van der Waals surface area contributed by atoms with Crippen molar-refractivity contribution in [3.63, 3.8) is 0 Å². The number of carbonyl (C=O) groups is 2. The SMILES string of the molecule is Cc1ccc(S(=O)(=O)ON2C(=O)C(C)N(C)C(=O)C2C)cc1. The second-order valence-corrected chi connectivity index (χ2v) is 6.84. The average molecular weight is 326 g/mol. The van der Waals surface area contributed by atoms with Gasteiger partial charge in [0.2, 0.25) is 5.91 Å². The highest BCUT2D eigenvalue weighted by molar-refractivity contribution is 7.86. The van der Waals surface area contributed by atoms with Crippen LogP contribution in [-0.2, 0) is 24.0 Å². The molecule has 0 saturated carbocycles. The summed E-state index contributed by atoms with van der Waals surface area (Å²) in [4.78, 5) is 25.4. The van der Waals surface area contributed by atoms with Crippen LogP contribution in [0.3, 0.4) is 0 Å². The number of hydrogen-bond donors (Lipinski definition) is 0. The Hall–Kier alpha value is -1.93. The number of likely N-dealkylation sites (N-methyl/N-ethyl adjacent to an activating group) is 1. The van der Waals surface area contributed by atoms with Gasteiger partial charge in [-0.05, 0) is 32.9 Å². The normalized spacial score (nSPS) is 23.1. The van der Waals surface area contributed by atoms with Crippen molar-refractivity contribution in [1.29, 1.82) is 0 Å². The van der Waals surface area contributed by atoms with Crippen LogP contribution in [0.1, 0.15) is 19.4 Å². The molecule has 1 saturated heterocycles. The molecule has 1 fully saturated rings. The number of carbonyl (C=O) groups excluding carboxylic acids is 2. The lowest BCUT2D eigenvalue weighted by molar-refractivity contribution is -0.186. The zero-order valence-corrected chi connectivity index (χ0v) is 13.6. The first-order chi connectivity index (χ1) is 10.1. The van der Waals surface area contributed by atoms with Gasteiger partial charge < -0.3 is 4.90 Å². The Bertz CT molecular complexity index is 698. The van der Waals surface area contributed by atoms with Crippen molar-refractivity contribution in [1.82, 2.24) is 9.96 Å². The van der Waals surface area contributed by atoms with Crippen LogP contribution in [-0.4, -0.2) is 49.3 Å². The Balaban J connectivity index is 2.30. The highest BCUT2D eigenvalue weighted by Gasteiger charge is 2.43. The topological polar surface area (TPSA) is 84.0 Å². The number of hydrogen-bond acceptors (Lipinski definition) is 5. The second-order valence-electron chi connectivity index (χ2n) is 5.31. The smallest absolute Gasteiger partial charge is 0.317 e. The Morgan fingerprint density at radius 2 is 1.55 bits per heavy atom. The van der Waals surface area contributed by atoms with Crippen LogP contribution in [0.5, 0.6) is 0 Å². The minimum absolute atomic E-state index is 0.0721. The molecule has 1 aliphatic heterocycles. The minimum Gasteiger partial charge on any atom is -0.332 e. The van der Waals surface area contributed by atoms with E-state index in [0.717, 1.165) is 5.56 Å². The van der Waals surface area contributed by atoms with Gasteiger partial charge in [0.05, 0.1) is 4.90 Å². The largest absolute Gasteiger partial charge is 0.332 e. The molecule has 8 heteroatoms. The van der Waals surface area contributed by atoms with Crippen molar-refractivity contribution in [2.75, 3.05) is 7.05 Å². The Labute approximate surface area is 129 Å². The van der Waals surface area contributed by atoms with E-state index in [1.54, 1.807) is 12.1 Å². The molecule has 0 aromatic heterocycles. The fourth-order valence-corrected chi connectivity index (χ4v) is 3.05. The maximum absolute atomic E-state index is 12.3. The van der Waals surface area contributed by atoms with Crippen LogP contribution in [0.2, 0.25) is 0 Å². The molecule has 0 radical (unpaired) electrons. The average Bonchev–Trinajstić information content (AvgIpc) is 2.48. The van der Waals surface area contributed by atoms with Crippen molar-refractivity contribution < 1.29 is 22.3 Å². The number of hydroxylamine groups is 2. The van der Waals surface area contributed by atoms with E-state index < -0.39 is 28.1 Å². The molecule has 1 aliphatic rings. The molecule has 2 atom stereocenters. The van der Waals surface area contributed by atoms with Crippen LogP contribution in [0.4, 0.5) is 0 Å². The van der Waals surface area contributed by atoms with Gasteiger partial charge in [-0.2, -0.15) is 13.5 Å². The van der Waals surface area contributed by atoms with Crippen LogP contribution < -0.4 is 0 Å². The lowest BCUT2D eigenvalue weighted by atomic mass is 10.1. The summed E-state index contributed by atoms with van der Waals surface area (Å²) in [6.07, 6.45) is 0. The summed E-state index contributed by atoms with van der Waals surface area (Å²) in [5.41, 5.74) is 0.895. The number of nitrogens with zero attached hydrogens (tertiary/aromatic N) is 2. The van der Waals surface area contributed by atoms with Crippen LogP contribution in [0.25, 0.3) is 0 Å². The summed E-state index contributed by atoms with van der Waals surface area (Å²) in [6, 6.07) is 4.24. The number of benzene rings is 1. The molecule has 120 valence electrons. The standard InChI is InChI=1S/C14H18N2O5S/c1-9-5-7-12(8-6-9)22(19,20)21-16-11(3)13(17)15(4)10(2)14(16)18/h5-8,10-11H,1-4H3. The first-order valence-electron chi connectivity index (χ1n) is 6.76. The Morgan fingerprint density at radius 1 is 1.00 bits per heavy atom. The molecule has 0 N–H and O–H groups in total. The zero-order valence-electron chi connectivity index (χ0n) is 12.8. The molecule has 0 bridgehead atoms. The molecule has 1 heterocycles. The number of amides is 2. The van der Waals surface area contributed by atoms with E-state index in [1.165, 1.54) is 37.9 Å². The van der Waals surface area contributed by atoms with E-state index in [4.69, 9.17) is 4.28 Å². The lowest BCUT2D eigenvalue weighted by Crippen LogP contribution is -2.61. The van der Waals surface area contributed by atoms with Gasteiger partial charge in [-0.25, -0.2) is 0 Å². The molecule has 1 aromatic carbocycles. The maximum Gasteiger partial charge on any atom is 0.317 e. The monoisotopic (exact) mass is 326 g/mol. The molecule has 0 spiro atoms. The summed E-state index contributed by atoms with van der Waals surface area (Å²) in [5, 5.41) is 0.641. The highest BCUT2D eigenvalue weighted by Crippen LogP contribution is 2.21. The molecule has 2 amide bonds. The third-order valence-electron chi connectivity index (χ3n) is 3.70. The van der Waals surface area contributed by atoms with Crippen LogP contribution >= 0.6 is 0 Å². The fraction of sp³-hybridized carbons (Fsp3) is 0.429. The van der Waals surface area contributed by atoms with Crippen molar-refractivity contribution in [3.8, 4) is 0 Å². The van der Waals surface area contributed by atoms with Gasteiger partial charge in [0.25, 0.3) is 5.91 Å². The number of aryl methyl sites for hydroxylation is 1. The van der Waals surface area contributed by atoms with Gasteiger partial charge in [0, 0.05) is 7.05 Å². The van der Waals surface area contributed by atoms with E-state index in [1.807, 2.05) is 6.92 Å². The molecule has 2 unspecified atom stereocenters. The van der Waals surface area contributed by atoms with Gasteiger partial charge in [-0.15, -0.1) is 4.28 Å². The fourth-order valence-electron chi connectivity index (χ4n) is 2.08. The molecule has 0 aliphatic carbocycles. The van der Waals surface area contributed by atoms with Crippen molar-refractivity contribution >= 4 is 21.9 Å². The third-order valence-corrected chi connectivity index (χ3v) is 4.91. The summed E-state index contributed by atoms with van der Waals surface area (Å²) >= 11 is 0. The molecule has 2 rings (SSSR count). The molecular formula is C14H18N2O5S. The van der Waals surface area contributed by atoms with Crippen molar-refractivity contribution in [2.45, 2.75) is 37.8 Å². The molecule has 1 aromatic rings. The van der Waals surface area contributed by atoms with Gasteiger partial charge in [-0.3, -0.25) is 9.59 Å². The quantitative estimate of drug-likeness (QED) is 0.816. The highest BCUT2D eigenvalue weighted by atomic mass is 32.2. The lowest BCUT2D eigenvalue weighted by Gasteiger charge is -2.39. The number of rotatable bonds is 3. The molecular weight excluding hydrogens is 308 g/mol. The summed E-state index contributed by atoms with van der Waals surface area (Å²) < 4.78 is 29.4. The second kappa shape index (κ2) is 5.69. The Kier molecular flexibility index (Phi) is 4.25. The predicted molar refractivity (Wildman–Crippen MR) is 78.0 cm³/mol. The van der Waals surface area contributed by atoms with Crippen LogP contribution in [0, 0.1) is 6.92 Å². The molecule has 22 heavy (non-hydrogen) atoms. The first kappa shape index (κ1) is 16.4. The molecule has 7 nitrogen and oxygen atoms in total. The Morgan fingerprint density at radius 3 is 2.09 bits per heavy atom. The van der Waals surface area contributed by atoms with Gasteiger partial charge in [-0.1, -0.05) is 17.7 Å². The minimum atomic E-state index is -4.17.